The van der Waals surface area contributed by atoms with Gasteiger partial charge in [-0.3, -0.25) is 4.98 Å². The van der Waals surface area contributed by atoms with Crippen LogP contribution in [0.25, 0.3) is 21.8 Å². The van der Waals surface area contributed by atoms with Crippen molar-refractivity contribution in [3.8, 4) is 0 Å². The fourth-order valence-corrected chi connectivity index (χ4v) is 2.48. The standard InChI is InChI=1S/C15H17N3/c1-10(4-6-16)11-2-3-14-12(8-11)13-9-17-7-5-15(13)18-14/h2-3,5,7-10,18H,4,6,16H2,1H3. The summed E-state index contributed by atoms with van der Waals surface area (Å²) in [5, 5.41) is 2.44. The number of nitrogens with two attached hydrogens (primary N) is 1. The van der Waals surface area contributed by atoms with Gasteiger partial charge < -0.3 is 10.7 Å². The van der Waals surface area contributed by atoms with Gasteiger partial charge in [-0.1, -0.05) is 13.0 Å². The molecule has 0 saturated carbocycles. The number of pyridine rings is 1. The third-order valence-electron chi connectivity index (χ3n) is 3.59. The first-order valence-electron chi connectivity index (χ1n) is 6.35. The van der Waals surface area contributed by atoms with E-state index in [4.69, 9.17) is 5.73 Å². The molecule has 1 atom stereocenters. The summed E-state index contributed by atoms with van der Waals surface area (Å²) in [6.07, 6.45) is 4.76. The van der Waals surface area contributed by atoms with E-state index in [1.54, 1.807) is 0 Å². The number of rotatable bonds is 3. The summed E-state index contributed by atoms with van der Waals surface area (Å²) in [5.74, 6) is 0.501. The van der Waals surface area contributed by atoms with E-state index in [0.29, 0.717) is 5.92 Å². The van der Waals surface area contributed by atoms with Crippen LogP contribution in [0.1, 0.15) is 24.8 Å². The van der Waals surface area contributed by atoms with Gasteiger partial charge in [-0.05, 0) is 42.6 Å². The zero-order valence-electron chi connectivity index (χ0n) is 10.5. The molecule has 1 unspecified atom stereocenters. The van der Waals surface area contributed by atoms with Gasteiger partial charge in [0.1, 0.15) is 0 Å². The van der Waals surface area contributed by atoms with Crippen LogP contribution in [0, 0.1) is 0 Å². The van der Waals surface area contributed by atoms with Crippen molar-refractivity contribution in [2.75, 3.05) is 6.54 Å². The van der Waals surface area contributed by atoms with Crippen molar-refractivity contribution in [1.82, 2.24) is 9.97 Å². The Morgan fingerprint density at radius 3 is 2.89 bits per heavy atom. The maximum absolute atomic E-state index is 5.63. The van der Waals surface area contributed by atoms with Crippen LogP contribution in [0.15, 0.2) is 36.7 Å². The second kappa shape index (κ2) is 4.42. The molecular weight excluding hydrogens is 222 g/mol. The minimum atomic E-state index is 0.501. The average Bonchev–Trinajstić information content (AvgIpc) is 2.76. The van der Waals surface area contributed by atoms with E-state index in [9.17, 15) is 0 Å². The van der Waals surface area contributed by atoms with Gasteiger partial charge in [0.15, 0.2) is 0 Å². The summed E-state index contributed by atoms with van der Waals surface area (Å²) in [4.78, 5) is 7.62. The molecule has 0 radical (unpaired) electrons. The van der Waals surface area contributed by atoms with Gasteiger partial charge in [0, 0.05) is 34.2 Å². The van der Waals surface area contributed by atoms with Gasteiger partial charge in [0.25, 0.3) is 0 Å². The predicted molar refractivity (Wildman–Crippen MR) is 75.7 cm³/mol. The molecule has 3 heteroatoms. The first-order chi connectivity index (χ1) is 8.79. The lowest BCUT2D eigenvalue weighted by Crippen LogP contribution is -2.04. The average molecular weight is 239 g/mol. The van der Waals surface area contributed by atoms with Crippen molar-refractivity contribution in [3.63, 3.8) is 0 Å². The highest BCUT2D eigenvalue weighted by Gasteiger charge is 2.08. The van der Waals surface area contributed by atoms with Crippen molar-refractivity contribution in [3.05, 3.63) is 42.2 Å². The van der Waals surface area contributed by atoms with Crippen molar-refractivity contribution in [1.29, 1.82) is 0 Å². The molecule has 3 aromatic rings. The molecule has 3 rings (SSSR count). The number of H-pyrrole nitrogens is 1. The molecule has 3 N–H and O–H groups in total. The fourth-order valence-electron chi connectivity index (χ4n) is 2.48. The Kier molecular flexibility index (Phi) is 2.76. The number of hydrogen-bond donors (Lipinski definition) is 2. The highest BCUT2D eigenvalue weighted by Crippen LogP contribution is 2.28. The monoisotopic (exact) mass is 239 g/mol. The first-order valence-corrected chi connectivity index (χ1v) is 6.35. The number of nitrogens with one attached hydrogen (secondary N) is 1. The van der Waals surface area contributed by atoms with Crippen LogP contribution in [0.2, 0.25) is 0 Å². The summed E-state index contributed by atoms with van der Waals surface area (Å²) < 4.78 is 0. The predicted octanol–water partition coefficient (Wildman–Crippen LogP) is 3.17. The quantitative estimate of drug-likeness (QED) is 0.737. The minimum absolute atomic E-state index is 0.501. The van der Waals surface area contributed by atoms with Gasteiger partial charge in [0.2, 0.25) is 0 Å². The molecule has 0 aliphatic rings. The summed E-state index contributed by atoms with van der Waals surface area (Å²) in [7, 11) is 0. The van der Waals surface area contributed by atoms with Gasteiger partial charge >= 0.3 is 0 Å². The van der Waals surface area contributed by atoms with Crippen LogP contribution >= 0.6 is 0 Å². The maximum Gasteiger partial charge on any atom is 0.0495 e. The van der Waals surface area contributed by atoms with Crippen LogP contribution < -0.4 is 5.73 Å². The molecule has 0 saturated heterocycles. The van der Waals surface area contributed by atoms with Crippen LogP contribution in [0.4, 0.5) is 0 Å². The van der Waals surface area contributed by atoms with Gasteiger partial charge in [0.05, 0.1) is 0 Å². The molecule has 0 fully saturated rings. The molecule has 18 heavy (non-hydrogen) atoms. The largest absolute Gasteiger partial charge is 0.354 e. The molecule has 2 heterocycles. The van der Waals surface area contributed by atoms with E-state index in [2.05, 4.69) is 35.1 Å². The number of benzene rings is 1. The Bertz CT molecular complexity index is 684. The van der Waals surface area contributed by atoms with Crippen LogP contribution in [0.3, 0.4) is 0 Å². The summed E-state index contributed by atoms with van der Waals surface area (Å²) in [6.45, 7) is 2.95. The molecule has 0 bridgehead atoms. The number of fused-ring (bicyclic) bond motifs is 3. The van der Waals surface area contributed by atoms with Gasteiger partial charge in [-0.2, -0.15) is 0 Å². The lowest BCUT2D eigenvalue weighted by Gasteiger charge is -2.10. The number of hydrogen-bond acceptors (Lipinski definition) is 2. The van der Waals surface area contributed by atoms with Crippen LogP contribution in [-0.4, -0.2) is 16.5 Å². The van der Waals surface area contributed by atoms with Crippen molar-refractivity contribution in [2.24, 2.45) is 5.73 Å². The molecule has 1 aromatic carbocycles. The van der Waals surface area contributed by atoms with Crippen molar-refractivity contribution >= 4 is 21.8 Å². The topological polar surface area (TPSA) is 54.7 Å². The first kappa shape index (κ1) is 11.2. The summed E-state index contributed by atoms with van der Waals surface area (Å²) in [6, 6.07) is 8.61. The Morgan fingerprint density at radius 2 is 2.06 bits per heavy atom. The molecule has 0 spiro atoms. The molecule has 0 aliphatic heterocycles. The highest BCUT2D eigenvalue weighted by atomic mass is 14.7. The Labute approximate surface area is 106 Å². The molecule has 92 valence electrons. The lowest BCUT2D eigenvalue weighted by molar-refractivity contribution is 0.691. The fraction of sp³-hybridized carbons (Fsp3) is 0.267. The number of aromatic amines is 1. The van der Waals surface area contributed by atoms with E-state index < -0.39 is 0 Å². The van der Waals surface area contributed by atoms with Crippen molar-refractivity contribution < 1.29 is 0 Å². The van der Waals surface area contributed by atoms with Crippen LogP contribution in [0.5, 0.6) is 0 Å². The van der Waals surface area contributed by atoms with E-state index >= 15 is 0 Å². The minimum Gasteiger partial charge on any atom is -0.354 e. The maximum atomic E-state index is 5.63. The highest BCUT2D eigenvalue weighted by molar-refractivity contribution is 6.06. The third kappa shape index (κ3) is 1.77. The van der Waals surface area contributed by atoms with Gasteiger partial charge in [-0.25, -0.2) is 0 Å². The van der Waals surface area contributed by atoms with Crippen molar-refractivity contribution in [2.45, 2.75) is 19.3 Å². The van der Waals surface area contributed by atoms with E-state index in [0.717, 1.165) is 18.5 Å². The smallest absolute Gasteiger partial charge is 0.0495 e. The van der Waals surface area contributed by atoms with E-state index in [-0.39, 0.29) is 0 Å². The molecular formula is C15H17N3. The molecule has 0 aliphatic carbocycles. The van der Waals surface area contributed by atoms with E-state index in [1.807, 2.05) is 18.5 Å². The summed E-state index contributed by atoms with van der Waals surface area (Å²) >= 11 is 0. The molecule has 0 amide bonds. The second-order valence-electron chi connectivity index (χ2n) is 4.83. The number of aromatic nitrogens is 2. The Morgan fingerprint density at radius 1 is 1.22 bits per heavy atom. The zero-order chi connectivity index (χ0) is 12.5. The Hall–Kier alpha value is -1.87. The van der Waals surface area contributed by atoms with E-state index in [1.165, 1.54) is 21.9 Å². The Balaban J connectivity index is 2.18. The summed E-state index contributed by atoms with van der Waals surface area (Å²) in [5.41, 5.74) is 9.29. The molecule has 2 aromatic heterocycles. The van der Waals surface area contributed by atoms with Crippen LogP contribution in [-0.2, 0) is 0 Å². The number of nitrogens with zero attached hydrogens (tertiary/aromatic N) is 1. The lowest BCUT2D eigenvalue weighted by atomic mass is 9.96. The normalized spacial score (nSPS) is 13.2. The van der Waals surface area contributed by atoms with Gasteiger partial charge in [-0.15, -0.1) is 0 Å². The SMILES string of the molecule is CC(CCN)c1ccc2[nH]c3ccncc3c2c1. The molecule has 3 nitrogen and oxygen atoms in total. The second-order valence-corrected chi connectivity index (χ2v) is 4.83. The third-order valence-corrected chi connectivity index (χ3v) is 3.59. The zero-order valence-corrected chi connectivity index (χ0v) is 10.5.